The van der Waals surface area contributed by atoms with Gasteiger partial charge in [0.1, 0.15) is 11.8 Å². The maximum atomic E-state index is 12.5. The van der Waals surface area contributed by atoms with Crippen molar-refractivity contribution >= 4 is 5.78 Å². The summed E-state index contributed by atoms with van der Waals surface area (Å²) in [4.78, 5) is 12.5. The average Bonchev–Trinajstić information content (AvgIpc) is 2.49. The van der Waals surface area contributed by atoms with Gasteiger partial charge in [-0.15, -0.1) is 0 Å². The van der Waals surface area contributed by atoms with Gasteiger partial charge in [0, 0.05) is 5.56 Å². The zero-order chi connectivity index (χ0) is 15.4. The first-order chi connectivity index (χ1) is 10.0. The van der Waals surface area contributed by atoms with E-state index in [0.717, 1.165) is 11.1 Å². The Kier molecular flexibility index (Phi) is 4.39. The lowest BCUT2D eigenvalue weighted by atomic mass is 9.99. The number of rotatable bonds is 4. The molecule has 0 saturated heterocycles. The number of aryl methyl sites for hydroxylation is 2. The predicted octanol–water partition coefficient (Wildman–Crippen LogP) is 3.83. The van der Waals surface area contributed by atoms with Gasteiger partial charge in [0.25, 0.3) is 0 Å². The second kappa shape index (κ2) is 6.23. The lowest BCUT2D eigenvalue weighted by Crippen LogP contribution is -2.25. The number of benzene rings is 2. The van der Waals surface area contributed by atoms with Gasteiger partial charge in [-0.05, 0) is 44.5 Å². The number of ketones is 1. The molecule has 0 N–H and O–H groups in total. The average molecular weight is 279 g/mol. The number of nitriles is 1. The molecule has 0 aromatic heterocycles. The molecule has 0 aliphatic carbocycles. The van der Waals surface area contributed by atoms with Crippen LogP contribution in [0.15, 0.2) is 42.5 Å². The summed E-state index contributed by atoms with van der Waals surface area (Å²) in [7, 11) is 0. The fraction of sp³-hybridized carbons (Fsp3) is 0.222. The second-order valence-electron chi connectivity index (χ2n) is 5.05. The van der Waals surface area contributed by atoms with E-state index in [1.807, 2.05) is 32.0 Å². The van der Waals surface area contributed by atoms with Crippen molar-refractivity contribution in [2.24, 2.45) is 0 Å². The Morgan fingerprint density at radius 2 is 1.90 bits per heavy atom. The van der Waals surface area contributed by atoms with E-state index in [1.54, 1.807) is 31.2 Å². The lowest BCUT2D eigenvalue weighted by Gasteiger charge is -2.16. The Morgan fingerprint density at radius 1 is 1.19 bits per heavy atom. The first-order valence-corrected chi connectivity index (χ1v) is 6.80. The number of Topliss-reactive ketones (excluding diaryl/α,β-unsaturated/α-hetero) is 1. The van der Waals surface area contributed by atoms with Crippen molar-refractivity contribution in [3.63, 3.8) is 0 Å². The van der Waals surface area contributed by atoms with Crippen LogP contribution >= 0.6 is 0 Å². The zero-order valence-electron chi connectivity index (χ0n) is 12.4. The van der Waals surface area contributed by atoms with Crippen molar-refractivity contribution in [1.82, 2.24) is 0 Å². The third-order valence-corrected chi connectivity index (χ3v) is 3.34. The number of hydrogen-bond donors (Lipinski definition) is 0. The molecule has 0 radical (unpaired) electrons. The smallest absolute Gasteiger partial charge is 0.203 e. The third kappa shape index (κ3) is 3.29. The Hall–Kier alpha value is -2.60. The lowest BCUT2D eigenvalue weighted by molar-refractivity contribution is 0.0817. The quantitative estimate of drug-likeness (QED) is 0.799. The summed E-state index contributed by atoms with van der Waals surface area (Å²) in [6.07, 6.45) is -0.639. The SMILES string of the molecule is Cc1ccc(C)c(C(=O)C(C)Oc2ccccc2C#N)c1. The van der Waals surface area contributed by atoms with Crippen LogP contribution in [-0.2, 0) is 0 Å². The Bertz CT molecular complexity index is 713. The monoisotopic (exact) mass is 279 g/mol. The summed E-state index contributed by atoms with van der Waals surface area (Å²) in [5, 5.41) is 9.05. The van der Waals surface area contributed by atoms with E-state index in [0.29, 0.717) is 16.9 Å². The van der Waals surface area contributed by atoms with Crippen LogP contribution in [0.1, 0.15) is 34.0 Å². The molecule has 0 saturated carbocycles. The number of carbonyl (C=O) groups excluding carboxylic acids is 1. The van der Waals surface area contributed by atoms with Gasteiger partial charge in [0.05, 0.1) is 5.56 Å². The van der Waals surface area contributed by atoms with E-state index in [-0.39, 0.29) is 5.78 Å². The molecule has 3 nitrogen and oxygen atoms in total. The van der Waals surface area contributed by atoms with Crippen LogP contribution in [0.4, 0.5) is 0 Å². The highest BCUT2D eigenvalue weighted by Gasteiger charge is 2.19. The molecule has 2 aromatic carbocycles. The highest BCUT2D eigenvalue weighted by atomic mass is 16.5. The summed E-state index contributed by atoms with van der Waals surface area (Å²) in [5.74, 6) is 0.357. The molecule has 2 rings (SSSR count). The number of nitrogens with zero attached hydrogens (tertiary/aromatic N) is 1. The minimum Gasteiger partial charge on any atom is -0.481 e. The van der Waals surface area contributed by atoms with Crippen LogP contribution in [0.5, 0.6) is 5.75 Å². The van der Waals surface area contributed by atoms with Crippen LogP contribution < -0.4 is 4.74 Å². The third-order valence-electron chi connectivity index (χ3n) is 3.34. The molecule has 0 aliphatic rings. The van der Waals surface area contributed by atoms with Crippen molar-refractivity contribution in [1.29, 1.82) is 5.26 Å². The fourth-order valence-electron chi connectivity index (χ4n) is 2.13. The van der Waals surface area contributed by atoms with E-state index in [4.69, 9.17) is 10.00 Å². The van der Waals surface area contributed by atoms with Gasteiger partial charge in [0.2, 0.25) is 5.78 Å². The van der Waals surface area contributed by atoms with Gasteiger partial charge < -0.3 is 4.74 Å². The highest BCUT2D eigenvalue weighted by Crippen LogP contribution is 2.20. The minimum absolute atomic E-state index is 0.0797. The van der Waals surface area contributed by atoms with Gasteiger partial charge >= 0.3 is 0 Å². The molecule has 0 heterocycles. The van der Waals surface area contributed by atoms with E-state index < -0.39 is 6.10 Å². The molecule has 106 valence electrons. The van der Waals surface area contributed by atoms with Gasteiger partial charge in [-0.25, -0.2) is 0 Å². The van der Waals surface area contributed by atoms with Crippen LogP contribution in [0.2, 0.25) is 0 Å². The molecular formula is C18H17NO2. The van der Waals surface area contributed by atoms with Crippen molar-refractivity contribution in [2.45, 2.75) is 26.9 Å². The Labute approximate surface area is 124 Å². The summed E-state index contributed by atoms with van der Waals surface area (Å²) < 4.78 is 5.68. The molecule has 0 spiro atoms. The van der Waals surface area contributed by atoms with E-state index in [1.165, 1.54) is 0 Å². The van der Waals surface area contributed by atoms with Crippen LogP contribution in [0, 0.1) is 25.2 Å². The van der Waals surface area contributed by atoms with Gasteiger partial charge in [-0.2, -0.15) is 5.26 Å². The molecule has 0 bridgehead atoms. The maximum absolute atomic E-state index is 12.5. The first-order valence-electron chi connectivity index (χ1n) is 6.80. The van der Waals surface area contributed by atoms with Crippen molar-refractivity contribution in [3.05, 3.63) is 64.7 Å². The van der Waals surface area contributed by atoms with Crippen LogP contribution in [0.25, 0.3) is 0 Å². The molecule has 2 aromatic rings. The molecule has 1 unspecified atom stereocenters. The summed E-state index contributed by atoms with van der Waals surface area (Å²) in [5.41, 5.74) is 3.05. The Balaban J connectivity index is 2.24. The largest absolute Gasteiger partial charge is 0.481 e. The normalized spacial score (nSPS) is 11.5. The Morgan fingerprint density at radius 3 is 2.62 bits per heavy atom. The summed E-state index contributed by atoms with van der Waals surface area (Å²) in [6, 6.07) is 14.8. The summed E-state index contributed by atoms with van der Waals surface area (Å²) in [6.45, 7) is 5.56. The second-order valence-corrected chi connectivity index (χ2v) is 5.05. The number of para-hydroxylation sites is 1. The van der Waals surface area contributed by atoms with Crippen LogP contribution in [-0.4, -0.2) is 11.9 Å². The highest BCUT2D eigenvalue weighted by molar-refractivity contribution is 6.00. The van der Waals surface area contributed by atoms with Gasteiger partial charge in [-0.3, -0.25) is 4.79 Å². The van der Waals surface area contributed by atoms with E-state index in [2.05, 4.69) is 6.07 Å². The van der Waals surface area contributed by atoms with Crippen molar-refractivity contribution in [3.8, 4) is 11.8 Å². The van der Waals surface area contributed by atoms with Crippen molar-refractivity contribution in [2.75, 3.05) is 0 Å². The van der Waals surface area contributed by atoms with Crippen LogP contribution in [0.3, 0.4) is 0 Å². The molecule has 0 aliphatic heterocycles. The van der Waals surface area contributed by atoms with Crippen molar-refractivity contribution < 1.29 is 9.53 Å². The molecular weight excluding hydrogens is 262 g/mol. The molecule has 21 heavy (non-hydrogen) atoms. The molecule has 1 atom stereocenters. The predicted molar refractivity (Wildman–Crippen MR) is 81.5 cm³/mol. The number of ether oxygens (including phenoxy) is 1. The summed E-state index contributed by atoms with van der Waals surface area (Å²) >= 11 is 0. The standard InChI is InChI=1S/C18H17NO2/c1-12-8-9-13(2)16(10-12)18(20)14(3)21-17-7-5-4-6-15(17)11-19/h4-10,14H,1-3H3. The van der Waals surface area contributed by atoms with E-state index in [9.17, 15) is 4.79 Å². The van der Waals surface area contributed by atoms with Gasteiger partial charge in [-0.1, -0.05) is 29.8 Å². The fourth-order valence-corrected chi connectivity index (χ4v) is 2.13. The topological polar surface area (TPSA) is 50.1 Å². The molecule has 0 fully saturated rings. The number of hydrogen-bond acceptors (Lipinski definition) is 3. The zero-order valence-corrected chi connectivity index (χ0v) is 12.4. The maximum Gasteiger partial charge on any atom is 0.203 e. The minimum atomic E-state index is -0.639. The van der Waals surface area contributed by atoms with E-state index >= 15 is 0 Å². The molecule has 0 amide bonds. The molecule has 3 heteroatoms. The number of carbonyl (C=O) groups is 1. The van der Waals surface area contributed by atoms with Gasteiger partial charge in [0.15, 0.2) is 6.10 Å². The first kappa shape index (κ1) is 14.8.